The van der Waals surface area contributed by atoms with Crippen LogP contribution in [0.5, 0.6) is 5.19 Å². The molecule has 1 aliphatic carbocycles. The molecule has 1 aromatic heterocycles. The lowest BCUT2D eigenvalue weighted by atomic mass is 9.93. The monoisotopic (exact) mass is 213 g/mol. The minimum atomic E-state index is 0.135. The maximum Gasteiger partial charge on any atom is 0.294 e. The van der Waals surface area contributed by atoms with Crippen LogP contribution in [0, 0.1) is 6.92 Å². The molecule has 1 heterocycles. The number of rotatable bonds is 2. The first-order chi connectivity index (χ1) is 6.75. The third kappa shape index (κ3) is 2.22. The van der Waals surface area contributed by atoms with Gasteiger partial charge in [0.25, 0.3) is 5.19 Å². The summed E-state index contributed by atoms with van der Waals surface area (Å²) in [7, 11) is 0. The van der Waals surface area contributed by atoms with Crippen LogP contribution in [0.15, 0.2) is 0 Å². The average Bonchev–Trinajstić information content (AvgIpc) is 2.56. The van der Waals surface area contributed by atoms with Gasteiger partial charge in [-0.25, -0.2) is 0 Å². The SMILES string of the molecule is Cc1nnc(OC2CCCCC2N)s1. The molecule has 2 N–H and O–H groups in total. The number of aromatic nitrogens is 2. The molecule has 0 aliphatic heterocycles. The lowest BCUT2D eigenvalue weighted by molar-refractivity contribution is 0.131. The van der Waals surface area contributed by atoms with E-state index in [1.54, 1.807) is 0 Å². The Morgan fingerprint density at radius 3 is 2.79 bits per heavy atom. The highest BCUT2D eigenvalue weighted by Crippen LogP contribution is 2.24. The normalized spacial score (nSPS) is 27.6. The summed E-state index contributed by atoms with van der Waals surface area (Å²) in [5.74, 6) is 0. The summed E-state index contributed by atoms with van der Waals surface area (Å²) in [5, 5.41) is 9.44. The van der Waals surface area contributed by atoms with E-state index in [0.717, 1.165) is 17.8 Å². The van der Waals surface area contributed by atoms with Crippen molar-refractivity contribution in [3.8, 4) is 5.19 Å². The maximum atomic E-state index is 5.97. The fraction of sp³-hybridized carbons (Fsp3) is 0.778. The number of ether oxygens (including phenoxy) is 1. The van der Waals surface area contributed by atoms with Gasteiger partial charge in [0.2, 0.25) is 0 Å². The molecule has 0 aromatic carbocycles. The first kappa shape index (κ1) is 9.86. The number of hydrogen-bond acceptors (Lipinski definition) is 5. The van der Waals surface area contributed by atoms with Gasteiger partial charge in [-0.3, -0.25) is 0 Å². The summed E-state index contributed by atoms with van der Waals surface area (Å²) < 4.78 is 5.71. The first-order valence-electron chi connectivity index (χ1n) is 4.98. The van der Waals surface area contributed by atoms with Gasteiger partial charge >= 0.3 is 0 Å². The second kappa shape index (κ2) is 4.23. The van der Waals surface area contributed by atoms with Gasteiger partial charge in [-0.2, -0.15) is 0 Å². The number of aryl methyl sites for hydroxylation is 1. The molecule has 4 nitrogen and oxygen atoms in total. The van der Waals surface area contributed by atoms with E-state index in [4.69, 9.17) is 10.5 Å². The van der Waals surface area contributed by atoms with Crippen molar-refractivity contribution in [2.45, 2.75) is 44.8 Å². The molecule has 2 atom stereocenters. The second-order valence-electron chi connectivity index (χ2n) is 3.69. The van der Waals surface area contributed by atoms with Crippen LogP contribution in [0.2, 0.25) is 0 Å². The minimum Gasteiger partial charge on any atom is -0.464 e. The number of nitrogens with zero attached hydrogens (tertiary/aromatic N) is 2. The van der Waals surface area contributed by atoms with E-state index in [-0.39, 0.29) is 12.1 Å². The quantitative estimate of drug-likeness (QED) is 0.808. The van der Waals surface area contributed by atoms with Crippen LogP contribution in [0.25, 0.3) is 0 Å². The standard InChI is InChI=1S/C9H15N3OS/c1-6-11-12-9(14-6)13-8-5-3-2-4-7(8)10/h7-8H,2-5,10H2,1H3. The molecule has 0 amide bonds. The molecule has 1 aliphatic rings. The highest BCUT2D eigenvalue weighted by molar-refractivity contribution is 7.12. The van der Waals surface area contributed by atoms with Gasteiger partial charge in [-0.1, -0.05) is 17.8 Å². The predicted molar refractivity (Wildman–Crippen MR) is 55.5 cm³/mol. The van der Waals surface area contributed by atoms with E-state index < -0.39 is 0 Å². The van der Waals surface area contributed by atoms with Crippen LogP contribution in [0.4, 0.5) is 0 Å². The van der Waals surface area contributed by atoms with Crippen molar-refractivity contribution in [2.75, 3.05) is 0 Å². The van der Waals surface area contributed by atoms with E-state index >= 15 is 0 Å². The zero-order valence-corrected chi connectivity index (χ0v) is 9.09. The van der Waals surface area contributed by atoms with Crippen molar-refractivity contribution in [2.24, 2.45) is 5.73 Å². The molecular weight excluding hydrogens is 198 g/mol. The van der Waals surface area contributed by atoms with Gasteiger partial charge in [0.1, 0.15) is 11.1 Å². The highest BCUT2D eigenvalue weighted by atomic mass is 32.1. The van der Waals surface area contributed by atoms with Gasteiger partial charge in [0.15, 0.2) is 0 Å². The summed E-state index contributed by atoms with van der Waals surface area (Å²) in [6, 6.07) is 0.160. The highest BCUT2D eigenvalue weighted by Gasteiger charge is 2.24. The molecule has 2 rings (SSSR count). The molecule has 0 radical (unpaired) electrons. The third-order valence-corrected chi connectivity index (χ3v) is 3.24. The van der Waals surface area contributed by atoms with E-state index in [1.807, 2.05) is 6.92 Å². The summed E-state index contributed by atoms with van der Waals surface area (Å²) in [6.07, 6.45) is 4.66. The largest absolute Gasteiger partial charge is 0.464 e. The van der Waals surface area contributed by atoms with E-state index in [1.165, 1.54) is 24.2 Å². The van der Waals surface area contributed by atoms with Crippen molar-refractivity contribution in [1.82, 2.24) is 10.2 Å². The zero-order valence-electron chi connectivity index (χ0n) is 8.27. The smallest absolute Gasteiger partial charge is 0.294 e. The minimum absolute atomic E-state index is 0.135. The number of hydrogen-bond donors (Lipinski definition) is 1. The van der Waals surface area contributed by atoms with Gasteiger partial charge in [0, 0.05) is 6.04 Å². The second-order valence-corrected chi connectivity index (χ2v) is 4.84. The summed E-state index contributed by atoms with van der Waals surface area (Å²) in [4.78, 5) is 0. The molecule has 1 saturated carbocycles. The van der Waals surface area contributed by atoms with Gasteiger partial charge in [0.05, 0.1) is 0 Å². The summed E-state index contributed by atoms with van der Waals surface area (Å²) >= 11 is 1.48. The van der Waals surface area contributed by atoms with Crippen LogP contribution < -0.4 is 10.5 Å². The van der Waals surface area contributed by atoms with Gasteiger partial charge in [-0.05, 0) is 26.2 Å². The van der Waals surface area contributed by atoms with Crippen LogP contribution in [-0.2, 0) is 0 Å². The van der Waals surface area contributed by atoms with Crippen LogP contribution >= 0.6 is 11.3 Å². The molecular formula is C9H15N3OS. The molecule has 1 aromatic rings. The Bertz CT molecular complexity index is 302. The van der Waals surface area contributed by atoms with Crippen molar-refractivity contribution in [3.05, 3.63) is 5.01 Å². The predicted octanol–water partition coefficient (Wildman–Crippen LogP) is 1.50. The lowest BCUT2D eigenvalue weighted by Crippen LogP contribution is -2.41. The Morgan fingerprint density at radius 2 is 2.14 bits per heavy atom. The average molecular weight is 213 g/mol. The molecule has 0 saturated heterocycles. The van der Waals surface area contributed by atoms with E-state index in [9.17, 15) is 0 Å². The van der Waals surface area contributed by atoms with Crippen molar-refractivity contribution < 1.29 is 4.74 Å². The molecule has 78 valence electrons. The van der Waals surface area contributed by atoms with Crippen molar-refractivity contribution in [3.63, 3.8) is 0 Å². The molecule has 2 unspecified atom stereocenters. The molecule has 1 fully saturated rings. The Hall–Kier alpha value is -0.680. The lowest BCUT2D eigenvalue weighted by Gasteiger charge is -2.27. The summed E-state index contributed by atoms with van der Waals surface area (Å²) in [6.45, 7) is 1.92. The molecule has 5 heteroatoms. The van der Waals surface area contributed by atoms with Crippen LogP contribution in [0.1, 0.15) is 30.7 Å². The van der Waals surface area contributed by atoms with E-state index in [2.05, 4.69) is 10.2 Å². The van der Waals surface area contributed by atoms with Gasteiger partial charge in [-0.15, -0.1) is 10.2 Å². The van der Waals surface area contributed by atoms with Crippen LogP contribution in [0.3, 0.4) is 0 Å². The maximum absolute atomic E-state index is 5.97. The Morgan fingerprint density at radius 1 is 1.36 bits per heavy atom. The molecule has 14 heavy (non-hydrogen) atoms. The third-order valence-electron chi connectivity index (χ3n) is 2.51. The Kier molecular flexibility index (Phi) is 2.98. The zero-order chi connectivity index (χ0) is 9.97. The summed E-state index contributed by atoms with van der Waals surface area (Å²) in [5.41, 5.74) is 5.97. The Balaban J connectivity index is 1.95. The van der Waals surface area contributed by atoms with Crippen molar-refractivity contribution >= 4 is 11.3 Å². The number of nitrogens with two attached hydrogens (primary N) is 1. The fourth-order valence-corrected chi connectivity index (χ4v) is 2.32. The fourth-order valence-electron chi connectivity index (χ4n) is 1.73. The first-order valence-corrected chi connectivity index (χ1v) is 5.79. The molecule has 0 bridgehead atoms. The molecule has 0 spiro atoms. The van der Waals surface area contributed by atoms with Crippen LogP contribution in [-0.4, -0.2) is 22.3 Å². The van der Waals surface area contributed by atoms with Crippen molar-refractivity contribution in [1.29, 1.82) is 0 Å². The van der Waals surface area contributed by atoms with Gasteiger partial charge < -0.3 is 10.5 Å². The van der Waals surface area contributed by atoms with E-state index in [0.29, 0.717) is 5.19 Å². The topological polar surface area (TPSA) is 61.0 Å². The Labute approximate surface area is 87.5 Å².